The van der Waals surface area contributed by atoms with Crippen molar-refractivity contribution in [1.82, 2.24) is 5.32 Å². The Hall–Kier alpha value is -1.10. The molecule has 0 fully saturated rings. The van der Waals surface area contributed by atoms with Gasteiger partial charge in [-0.05, 0) is 34.6 Å². The molecule has 0 aromatic rings. The van der Waals surface area contributed by atoms with Gasteiger partial charge in [0.2, 0.25) is 0 Å². The van der Waals surface area contributed by atoms with Crippen molar-refractivity contribution < 1.29 is 19.4 Å². The van der Waals surface area contributed by atoms with Crippen LogP contribution in [0.2, 0.25) is 0 Å². The molecule has 5 heteroatoms. The van der Waals surface area contributed by atoms with E-state index in [2.05, 4.69) is 5.32 Å². The van der Waals surface area contributed by atoms with Crippen molar-refractivity contribution in [3.05, 3.63) is 0 Å². The molecule has 2 N–H and O–H groups in total. The molecule has 0 aliphatic heterocycles. The number of alkyl carbamates (subject to hydrolysis) is 1. The second-order valence-electron chi connectivity index (χ2n) is 4.84. The fourth-order valence-electron chi connectivity index (χ4n) is 0.683. The Morgan fingerprint density at radius 3 is 2.00 bits per heavy atom. The summed E-state index contributed by atoms with van der Waals surface area (Å²) < 4.78 is 4.92. The number of amides is 1. The molecule has 1 amide bonds. The summed E-state index contributed by atoms with van der Waals surface area (Å²) in [5.74, 6) is -0.464. The first kappa shape index (κ1) is 13.9. The molecule has 0 unspecified atom stereocenters. The summed E-state index contributed by atoms with van der Waals surface area (Å²) >= 11 is 0. The molecular formula is C10H19NO4. The van der Waals surface area contributed by atoms with Crippen molar-refractivity contribution in [3.63, 3.8) is 0 Å². The van der Waals surface area contributed by atoms with E-state index < -0.39 is 23.1 Å². The van der Waals surface area contributed by atoms with Gasteiger partial charge in [-0.1, -0.05) is 0 Å². The minimum atomic E-state index is -1.44. The smallest absolute Gasteiger partial charge is 0.408 e. The zero-order valence-corrected chi connectivity index (χ0v) is 9.88. The van der Waals surface area contributed by atoms with E-state index in [0.29, 0.717) is 0 Å². The number of Topliss-reactive ketones (excluding diaryl/α,β-unsaturated/α-hetero) is 1. The first-order valence-corrected chi connectivity index (χ1v) is 4.75. The van der Waals surface area contributed by atoms with E-state index in [4.69, 9.17) is 4.74 Å². The van der Waals surface area contributed by atoms with Gasteiger partial charge in [0.05, 0.1) is 6.54 Å². The monoisotopic (exact) mass is 217 g/mol. The number of aliphatic hydroxyl groups is 1. The summed E-state index contributed by atoms with van der Waals surface area (Å²) in [6.45, 7) is 7.68. The lowest BCUT2D eigenvalue weighted by atomic mass is 10.0. The van der Waals surface area contributed by atoms with Gasteiger partial charge in [-0.3, -0.25) is 4.79 Å². The maximum absolute atomic E-state index is 11.2. The van der Waals surface area contributed by atoms with Crippen molar-refractivity contribution in [2.45, 2.75) is 45.8 Å². The predicted molar refractivity (Wildman–Crippen MR) is 55.5 cm³/mol. The third kappa shape index (κ3) is 6.90. The second-order valence-corrected chi connectivity index (χ2v) is 4.84. The molecule has 0 aromatic carbocycles. The van der Waals surface area contributed by atoms with Crippen molar-refractivity contribution in [2.24, 2.45) is 0 Å². The number of carbonyl (C=O) groups is 2. The van der Waals surface area contributed by atoms with E-state index in [1.807, 2.05) is 0 Å². The Morgan fingerprint density at radius 2 is 1.67 bits per heavy atom. The van der Waals surface area contributed by atoms with Crippen LogP contribution in [0.5, 0.6) is 0 Å². The van der Waals surface area contributed by atoms with E-state index >= 15 is 0 Å². The molecule has 0 radical (unpaired) electrons. The predicted octanol–water partition coefficient (Wildman–Crippen LogP) is 0.851. The van der Waals surface area contributed by atoms with Gasteiger partial charge in [0.1, 0.15) is 11.2 Å². The van der Waals surface area contributed by atoms with Crippen LogP contribution in [0.1, 0.15) is 34.6 Å². The summed E-state index contributed by atoms with van der Waals surface area (Å²) in [6.07, 6.45) is -0.667. The van der Waals surface area contributed by atoms with Crippen molar-refractivity contribution in [3.8, 4) is 0 Å². The number of carbonyl (C=O) groups excluding carboxylic acids is 2. The second kappa shape index (κ2) is 4.61. The van der Waals surface area contributed by atoms with Crippen LogP contribution in [0.4, 0.5) is 4.79 Å². The molecule has 0 aromatic heterocycles. The van der Waals surface area contributed by atoms with Gasteiger partial charge in [0, 0.05) is 0 Å². The molecule has 0 rings (SSSR count). The fourth-order valence-corrected chi connectivity index (χ4v) is 0.683. The van der Waals surface area contributed by atoms with Crippen LogP contribution < -0.4 is 5.32 Å². The lowest BCUT2D eigenvalue weighted by molar-refractivity contribution is -0.133. The van der Waals surface area contributed by atoms with Crippen molar-refractivity contribution >= 4 is 11.9 Å². The van der Waals surface area contributed by atoms with Gasteiger partial charge < -0.3 is 15.2 Å². The maximum atomic E-state index is 11.2. The molecular weight excluding hydrogens is 198 g/mol. The zero-order valence-electron chi connectivity index (χ0n) is 9.88. The molecule has 0 saturated heterocycles. The summed E-state index contributed by atoms with van der Waals surface area (Å²) in [5, 5.41) is 11.6. The van der Waals surface area contributed by atoms with Crippen LogP contribution in [0.25, 0.3) is 0 Å². The minimum absolute atomic E-state index is 0.238. The third-order valence-electron chi connectivity index (χ3n) is 1.47. The number of hydrogen-bond donors (Lipinski definition) is 2. The largest absolute Gasteiger partial charge is 0.444 e. The Balaban J connectivity index is 3.98. The minimum Gasteiger partial charge on any atom is -0.444 e. The SMILES string of the molecule is CC(C)(C)OC(=O)NCC(=O)C(C)(C)O. The first-order valence-electron chi connectivity index (χ1n) is 4.75. The standard InChI is InChI=1S/C10H19NO4/c1-9(2,3)15-8(13)11-6-7(12)10(4,5)14/h14H,6H2,1-5H3,(H,11,13). The summed E-state index contributed by atoms with van der Waals surface area (Å²) in [4.78, 5) is 22.3. The normalized spacial score (nSPS) is 12.1. The van der Waals surface area contributed by atoms with Crippen LogP contribution >= 0.6 is 0 Å². The van der Waals surface area contributed by atoms with Gasteiger partial charge in [-0.15, -0.1) is 0 Å². The molecule has 0 saturated carbocycles. The van der Waals surface area contributed by atoms with Crippen LogP contribution in [-0.2, 0) is 9.53 Å². The van der Waals surface area contributed by atoms with Crippen molar-refractivity contribution in [2.75, 3.05) is 6.54 Å². The van der Waals surface area contributed by atoms with Crippen LogP contribution in [0.3, 0.4) is 0 Å². The quantitative estimate of drug-likeness (QED) is 0.735. The molecule has 88 valence electrons. The number of rotatable bonds is 3. The van der Waals surface area contributed by atoms with Crippen LogP contribution in [-0.4, -0.2) is 34.7 Å². The number of hydrogen-bond acceptors (Lipinski definition) is 4. The average molecular weight is 217 g/mol. The molecule has 0 aliphatic carbocycles. The summed E-state index contributed by atoms with van der Waals surface area (Å²) in [7, 11) is 0. The van der Waals surface area contributed by atoms with Crippen LogP contribution in [0, 0.1) is 0 Å². The summed E-state index contributed by atoms with van der Waals surface area (Å²) in [6, 6.07) is 0. The van der Waals surface area contributed by atoms with E-state index in [-0.39, 0.29) is 6.54 Å². The van der Waals surface area contributed by atoms with Crippen LogP contribution in [0.15, 0.2) is 0 Å². The van der Waals surface area contributed by atoms with E-state index in [0.717, 1.165) is 0 Å². The molecule has 5 nitrogen and oxygen atoms in total. The lowest BCUT2D eigenvalue weighted by Crippen LogP contribution is -2.42. The van der Waals surface area contributed by atoms with E-state index in [1.54, 1.807) is 20.8 Å². The highest BCUT2D eigenvalue weighted by atomic mass is 16.6. The molecule has 0 aliphatic rings. The first-order chi connectivity index (χ1) is 6.52. The maximum Gasteiger partial charge on any atom is 0.408 e. The lowest BCUT2D eigenvalue weighted by Gasteiger charge is -2.20. The highest BCUT2D eigenvalue weighted by Gasteiger charge is 2.24. The van der Waals surface area contributed by atoms with Gasteiger partial charge in [0.15, 0.2) is 5.78 Å². The number of ketones is 1. The molecule has 15 heavy (non-hydrogen) atoms. The Morgan fingerprint density at radius 1 is 1.20 bits per heavy atom. The topological polar surface area (TPSA) is 75.6 Å². The molecule has 0 spiro atoms. The van der Waals surface area contributed by atoms with Crippen molar-refractivity contribution in [1.29, 1.82) is 0 Å². The number of nitrogens with one attached hydrogen (secondary N) is 1. The van der Waals surface area contributed by atoms with E-state index in [1.165, 1.54) is 13.8 Å². The zero-order chi connectivity index (χ0) is 12.3. The Labute approximate surface area is 89.8 Å². The highest BCUT2D eigenvalue weighted by Crippen LogP contribution is 2.06. The highest BCUT2D eigenvalue weighted by molar-refractivity contribution is 5.90. The average Bonchev–Trinajstić information content (AvgIpc) is 1.94. The molecule has 0 heterocycles. The van der Waals surface area contributed by atoms with Gasteiger partial charge in [0.25, 0.3) is 0 Å². The third-order valence-corrected chi connectivity index (χ3v) is 1.47. The Kier molecular flexibility index (Phi) is 4.27. The fraction of sp³-hybridized carbons (Fsp3) is 0.800. The summed E-state index contributed by atoms with van der Waals surface area (Å²) in [5.41, 5.74) is -2.03. The van der Waals surface area contributed by atoms with Gasteiger partial charge in [-0.2, -0.15) is 0 Å². The Bertz CT molecular complexity index is 247. The van der Waals surface area contributed by atoms with E-state index in [9.17, 15) is 14.7 Å². The van der Waals surface area contributed by atoms with Gasteiger partial charge in [-0.25, -0.2) is 4.79 Å². The van der Waals surface area contributed by atoms with Gasteiger partial charge >= 0.3 is 6.09 Å². The number of ether oxygens (including phenoxy) is 1. The molecule has 0 atom stereocenters. The molecule has 0 bridgehead atoms.